The molecule has 37 heavy (non-hydrogen) atoms. The van der Waals surface area contributed by atoms with Gasteiger partial charge in [0, 0.05) is 48.2 Å². The molecule has 0 radical (unpaired) electrons. The number of fused-ring (bicyclic) bond motifs is 4. The SMILES string of the molecule is CC(=O)O[C@@H]1C(=O)C2=C(C(=O)C[C@H]3C(C)(C)[C@@H](O)CC[C@]23C)[C@]2(C)C(=O)C[C@H](C(C)CCC(=O)O)[C@@]12C. The largest absolute Gasteiger partial charge is 0.481 e. The van der Waals surface area contributed by atoms with Crippen molar-refractivity contribution >= 4 is 29.3 Å². The Morgan fingerprint density at radius 2 is 1.68 bits per heavy atom. The molecule has 8 heteroatoms. The highest BCUT2D eigenvalue weighted by Crippen LogP contribution is 2.70. The van der Waals surface area contributed by atoms with Crippen molar-refractivity contribution in [2.24, 2.45) is 39.4 Å². The molecule has 0 aromatic carbocycles. The quantitative estimate of drug-likeness (QED) is 0.529. The second kappa shape index (κ2) is 8.58. The van der Waals surface area contributed by atoms with Gasteiger partial charge < -0.3 is 14.9 Å². The number of carbonyl (C=O) groups excluding carboxylic acids is 4. The number of esters is 1. The summed E-state index contributed by atoms with van der Waals surface area (Å²) in [6.07, 6.45) is -0.552. The predicted octanol–water partition coefficient (Wildman–Crippen LogP) is 3.68. The topological polar surface area (TPSA) is 135 Å². The third kappa shape index (κ3) is 3.53. The summed E-state index contributed by atoms with van der Waals surface area (Å²) in [6.45, 7) is 12.4. The number of Topliss-reactive ketones (excluding diaryl/α,β-unsaturated/α-hetero) is 3. The number of hydrogen-bond acceptors (Lipinski definition) is 7. The van der Waals surface area contributed by atoms with Crippen LogP contribution in [0.3, 0.4) is 0 Å². The van der Waals surface area contributed by atoms with Crippen LogP contribution in [0.5, 0.6) is 0 Å². The fourth-order valence-corrected chi connectivity index (χ4v) is 8.71. The van der Waals surface area contributed by atoms with Crippen LogP contribution in [-0.2, 0) is 28.7 Å². The summed E-state index contributed by atoms with van der Waals surface area (Å²) >= 11 is 0. The van der Waals surface area contributed by atoms with Gasteiger partial charge >= 0.3 is 11.9 Å². The predicted molar refractivity (Wildman–Crippen MR) is 133 cm³/mol. The van der Waals surface area contributed by atoms with Crippen LogP contribution in [0, 0.1) is 39.4 Å². The molecule has 8 nitrogen and oxygen atoms in total. The van der Waals surface area contributed by atoms with Crippen LogP contribution < -0.4 is 0 Å². The van der Waals surface area contributed by atoms with Gasteiger partial charge in [-0.3, -0.25) is 24.0 Å². The fraction of sp³-hybridized carbons (Fsp3) is 0.759. The molecule has 2 N–H and O–H groups in total. The summed E-state index contributed by atoms with van der Waals surface area (Å²) in [5, 5.41) is 20.0. The van der Waals surface area contributed by atoms with E-state index in [1.54, 1.807) is 13.8 Å². The molecule has 8 atom stereocenters. The molecular formula is C29H40O8. The third-order valence-corrected chi connectivity index (χ3v) is 11.1. The first-order valence-electron chi connectivity index (χ1n) is 13.4. The smallest absolute Gasteiger partial charge is 0.303 e. The first-order chi connectivity index (χ1) is 17.0. The molecule has 0 spiro atoms. The summed E-state index contributed by atoms with van der Waals surface area (Å²) in [6, 6.07) is 0. The lowest BCUT2D eigenvalue weighted by Crippen LogP contribution is -2.65. The standard InChI is InChI=1S/C29H40O8/c1-14(8-9-21(34)35)16-12-20(33)29(7)22-17(31)13-18-26(3,4)19(32)10-11-27(18,5)23(22)24(36)25(28(16,29)6)37-15(2)30/h14,16,18-19,25,32H,8-13H2,1-7H3,(H,34,35)/t14?,16-,18+,19+,25-,27+,28+,29+/m1/s1. The van der Waals surface area contributed by atoms with Crippen LogP contribution in [0.25, 0.3) is 0 Å². The zero-order chi connectivity index (χ0) is 27.9. The van der Waals surface area contributed by atoms with Gasteiger partial charge in [-0.15, -0.1) is 0 Å². The van der Waals surface area contributed by atoms with E-state index in [2.05, 4.69) is 0 Å². The average Bonchev–Trinajstić information content (AvgIpc) is 3.01. The van der Waals surface area contributed by atoms with E-state index in [0.29, 0.717) is 24.8 Å². The number of carboxylic acids is 1. The van der Waals surface area contributed by atoms with Gasteiger partial charge in [0.25, 0.3) is 0 Å². The van der Waals surface area contributed by atoms with Gasteiger partial charge in [0.15, 0.2) is 11.9 Å². The first-order valence-corrected chi connectivity index (χ1v) is 13.4. The molecule has 2 saturated carbocycles. The van der Waals surface area contributed by atoms with E-state index in [4.69, 9.17) is 4.74 Å². The number of rotatable bonds is 5. The molecule has 1 unspecified atom stereocenters. The molecule has 0 amide bonds. The number of hydrogen-bond donors (Lipinski definition) is 2. The molecule has 204 valence electrons. The van der Waals surface area contributed by atoms with E-state index in [-0.39, 0.29) is 48.2 Å². The highest BCUT2D eigenvalue weighted by molar-refractivity contribution is 6.18. The van der Waals surface area contributed by atoms with Crippen molar-refractivity contribution in [2.75, 3.05) is 0 Å². The van der Waals surface area contributed by atoms with Crippen LogP contribution in [0.4, 0.5) is 0 Å². The Bertz CT molecular complexity index is 1120. The lowest BCUT2D eigenvalue weighted by molar-refractivity contribution is -0.176. The minimum Gasteiger partial charge on any atom is -0.481 e. The van der Waals surface area contributed by atoms with Crippen LogP contribution in [-0.4, -0.2) is 51.7 Å². The third-order valence-electron chi connectivity index (χ3n) is 11.1. The minimum absolute atomic E-state index is 0.0766. The molecule has 2 fully saturated rings. The lowest BCUT2D eigenvalue weighted by atomic mass is 9.42. The molecule has 0 aromatic heterocycles. The molecule has 4 rings (SSSR count). The van der Waals surface area contributed by atoms with Crippen molar-refractivity contribution in [1.82, 2.24) is 0 Å². The van der Waals surface area contributed by atoms with Crippen molar-refractivity contribution in [3.05, 3.63) is 11.1 Å². The van der Waals surface area contributed by atoms with E-state index in [1.807, 2.05) is 27.7 Å². The Hall–Kier alpha value is -2.35. The van der Waals surface area contributed by atoms with Gasteiger partial charge in [-0.05, 0) is 49.4 Å². The molecule has 0 aliphatic heterocycles. The van der Waals surface area contributed by atoms with Crippen molar-refractivity contribution in [2.45, 2.75) is 99.2 Å². The number of carboxylic acid groups (broad SMARTS) is 1. The Balaban J connectivity index is 1.97. The number of ether oxygens (including phenoxy) is 1. The second-order valence-corrected chi connectivity index (χ2v) is 13.1. The van der Waals surface area contributed by atoms with Crippen molar-refractivity contribution in [3.8, 4) is 0 Å². The Labute approximate surface area is 218 Å². The molecule has 0 bridgehead atoms. The number of aliphatic carboxylic acids is 1. The number of aliphatic hydroxyl groups excluding tert-OH is 1. The Morgan fingerprint density at radius 1 is 1.05 bits per heavy atom. The van der Waals surface area contributed by atoms with E-state index >= 15 is 0 Å². The molecule has 4 aliphatic rings. The number of allylic oxidation sites excluding steroid dienone is 1. The molecular weight excluding hydrogens is 476 g/mol. The zero-order valence-electron chi connectivity index (χ0n) is 23.0. The van der Waals surface area contributed by atoms with E-state index < -0.39 is 57.5 Å². The van der Waals surface area contributed by atoms with Crippen LogP contribution in [0.1, 0.15) is 87.0 Å². The van der Waals surface area contributed by atoms with Crippen molar-refractivity contribution in [3.63, 3.8) is 0 Å². The normalized spacial score (nSPS) is 41.6. The highest BCUT2D eigenvalue weighted by atomic mass is 16.5. The van der Waals surface area contributed by atoms with Gasteiger partial charge in [0.2, 0.25) is 5.78 Å². The molecule has 0 heterocycles. The van der Waals surface area contributed by atoms with E-state index in [0.717, 1.165) is 0 Å². The van der Waals surface area contributed by atoms with E-state index in [9.17, 15) is 34.2 Å². The van der Waals surface area contributed by atoms with Gasteiger partial charge in [-0.2, -0.15) is 0 Å². The maximum Gasteiger partial charge on any atom is 0.303 e. The van der Waals surface area contributed by atoms with Crippen molar-refractivity contribution in [1.29, 1.82) is 0 Å². The first kappa shape index (κ1) is 27.7. The maximum absolute atomic E-state index is 14.5. The highest BCUT2D eigenvalue weighted by Gasteiger charge is 2.74. The summed E-state index contributed by atoms with van der Waals surface area (Å²) in [4.78, 5) is 66.1. The van der Waals surface area contributed by atoms with Crippen LogP contribution >= 0.6 is 0 Å². The molecule has 0 saturated heterocycles. The number of aliphatic hydroxyl groups is 1. The Kier molecular flexibility index (Phi) is 6.42. The van der Waals surface area contributed by atoms with Gasteiger partial charge in [0.05, 0.1) is 11.5 Å². The Morgan fingerprint density at radius 3 is 2.24 bits per heavy atom. The second-order valence-electron chi connectivity index (χ2n) is 13.1. The fourth-order valence-electron chi connectivity index (χ4n) is 8.71. The number of carbonyl (C=O) groups is 5. The average molecular weight is 517 g/mol. The lowest BCUT2D eigenvalue weighted by Gasteiger charge is -2.61. The van der Waals surface area contributed by atoms with Gasteiger partial charge in [0.1, 0.15) is 5.78 Å². The summed E-state index contributed by atoms with van der Waals surface area (Å²) in [5.74, 6) is -3.48. The number of ketones is 3. The maximum atomic E-state index is 14.5. The summed E-state index contributed by atoms with van der Waals surface area (Å²) in [5.41, 5.74) is -3.40. The monoisotopic (exact) mass is 516 g/mol. The van der Waals surface area contributed by atoms with Crippen LogP contribution in [0.15, 0.2) is 11.1 Å². The summed E-state index contributed by atoms with van der Waals surface area (Å²) < 4.78 is 5.77. The van der Waals surface area contributed by atoms with E-state index in [1.165, 1.54) is 6.92 Å². The van der Waals surface area contributed by atoms with Crippen molar-refractivity contribution < 1.29 is 38.9 Å². The van der Waals surface area contributed by atoms with Crippen LogP contribution in [0.2, 0.25) is 0 Å². The van der Waals surface area contributed by atoms with Gasteiger partial charge in [-0.25, -0.2) is 0 Å². The minimum atomic E-state index is -1.36. The zero-order valence-corrected chi connectivity index (χ0v) is 23.0. The molecule has 0 aromatic rings. The summed E-state index contributed by atoms with van der Waals surface area (Å²) in [7, 11) is 0. The van der Waals surface area contributed by atoms with Gasteiger partial charge in [-0.1, -0.05) is 34.6 Å². The molecule has 4 aliphatic carbocycles.